The fraction of sp³-hybridized carbons (Fsp3) is 0.294. The molecule has 1 aliphatic rings. The lowest BCUT2D eigenvalue weighted by Crippen LogP contribution is -2.33. The van der Waals surface area contributed by atoms with Crippen LogP contribution in [0.25, 0.3) is 0 Å². The number of nitrogens with one attached hydrogen (secondary N) is 1. The minimum absolute atomic E-state index is 0.370. The molecule has 0 bridgehead atoms. The molecule has 1 amide bonds. The molecule has 6 nitrogen and oxygen atoms in total. The SMILES string of the molecule is O=C(NOC1CCCCO1)c1ccc(Oc2cccc(Br)c2)nc1. The summed E-state index contributed by atoms with van der Waals surface area (Å²) in [4.78, 5) is 21.4. The number of carbonyl (C=O) groups excluding carboxylic acids is 1. The Hall–Kier alpha value is -1.96. The van der Waals surface area contributed by atoms with Gasteiger partial charge in [0.1, 0.15) is 5.75 Å². The highest BCUT2D eigenvalue weighted by atomic mass is 79.9. The number of carbonyl (C=O) groups is 1. The fourth-order valence-corrected chi connectivity index (χ4v) is 2.59. The zero-order valence-corrected chi connectivity index (χ0v) is 14.5. The van der Waals surface area contributed by atoms with Gasteiger partial charge < -0.3 is 9.47 Å². The van der Waals surface area contributed by atoms with Gasteiger partial charge in [-0.25, -0.2) is 15.3 Å². The first-order valence-electron chi connectivity index (χ1n) is 7.68. The van der Waals surface area contributed by atoms with Crippen molar-refractivity contribution in [2.24, 2.45) is 0 Å². The molecule has 0 radical (unpaired) electrons. The van der Waals surface area contributed by atoms with Gasteiger partial charge in [0.25, 0.3) is 5.91 Å². The molecule has 0 aliphatic carbocycles. The number of benzene rings is 1. The lowest BCUT2D eigenvalue weighted by Gasteiger charge is -2.22. The van der Waals surface area contributed by atoms with E-state index in [1.807, 2.05) is 24.3 Å². The molecule has 2 heterocycles. The lowest BCUT2D eigenvalue weighted by molar-refractivity contribution is -0.186. The van der Waals surface area contributed by atoms with Crippen molar-refractivity contribution >= 4 is 21.8 Å². The highest BCUT2D eigenvalue weighted by Gasteiger charge is 2.16. The van der Waals surface area contributed by atoms with Crippen molar-refractivity contribution in [3.05, 3.63) is 52.6 Å². The van der Waals surface area contributed by atoms with E-state index in [4.69, 9.17) is 14.3 Å². The fourth-order valence-electron chi connectivity index (χ4n) is 2.21. The smallest absolute Gasteiger partial charge is 0.276 e. The molecule has 24 heavy (non-hydrogen) atoms. The van der Waals surface area contributed by atoms with Gasteiger partial charge >= 0.3 is 0 Å². The van der Waals surface area contributed by atoms with Gasteiger partial charge in [-0.15, -0.1) is 0 Å². The minimum atomic E-state index is -0.380. The zero-order chi connectivity index (χ0) is 16.8. The van der Waals surface area contributed by atoms with Crippen LogP contribution in [-0.4, -0.2) is 23.8 Å². The van der Waals surface area contributed by atoms with E-state index in [0.717, 1.165) is 23.7 Å². The average Bonchev–Trinajstić information content (AvgIpc) is 2.61. The van der Waals surface area contributed by atoms with E-state index in [-0.39, 0.29) is 12.2 Å². The second-order valence-electron chi connectivity index (χ2n) is 5.29. The third-order valence-electron chi connectivity index (χ3n) is 3.44. The summed E-state index contributed by atoms with van der Waals surface area (Å²) in [6.07, 6.45) is 3.89. The predicted molar refractivity (Wildman–Crippen MR) is 90.6 cm³/mol. The summed E-state index contributed by atoms with van der Waals surface area (Å²) in [7, 11) is 0. The number of hydrogen-bond acceptors (Lipinski definition) is 5. The van der Waals surface area contributed by atoms with Crippen LogP contribution in [-0.2, 0) is 9.57 Å². The third kappa shape index (κ3) is 4.77. The summed E-state index contributed by atoms with van der Waals surface area (Å²) in [5, 5.41) is 0. The van der Waals surface area contributed by atoms with Crippen molar-refractivity contribution in [3.63, 3.8) is 0 Å². The largest absolute Gasteiger partial charge is 0.439 e. The van der Waals surface area contributed by atoms with Crippen LogP contribution in [0.2, 0.25) is 0 Å². The summed E-state index contributed by atoms with van der Waals surface area (Å²) < 4.78 is 11.9. The van der Waals surface area contributed by atoms with E-state index in [1.54, 1.807) is 12.1 Å². The van der Waals surface area contributed by atoms with Gasteiger partial charge in [0.15, 0.2) is 6.29 Å². The van der Waals surface area contributed by atoms with Crippen molar-refractivity contribution in [1.82, 2.24) is 10.5 Å². The Bertz CT molecular complexity index is 687. The number of aromatic nitrogens is 1. The van der Waals surface area contributed by atoms with Crippen LogP contribution in [0.1, 0.15) is 29.6 Å². The molecule has 3 rings (SSSR count). The van der Waals surface area contributed by atoms with Gasteiger partial charge in [0, 0.05) is 29.8 Å². The topological polar surface area (TPSA) is 69.7 Å². The van der Waals surface area contributed by atoms with Crippen LogP contribution in [0.15, 0.2) is 47.1 Å². The summed E-state index contributed by atoms with van der Waals surface area (Å²) in [6, 6.07) is 10.7. The molecule has 7 heteroatoms. The molecule has 1 unspecified atom stereocenters. The maximum atomic E-state index is 12.0. The Morgan fingerprint density at radius 3 is 2.92 bits per heavy atom. The van der Waals surface area contributed by atoms with Crippen molar-refractivity contribution in [3.8, 4) is 11.6 Å². The number of amides is 1. The molecule has 0 spiro atoms. The number of pyridine rings is 1. The Labute approximate surface area is 148 Å². The molecule has 2 aromatic rings. The number of halogens is 1. The zero-order valence-electron chi connectivity index (χ0n) is 12.9. The molecule has 1 fully saturated rings. The van der Waals surface area contributed by atoms with Gasteiger partial charge in [0.2, 0.25) is 5.88 Å². The van der Waals surface area contributed by atoms with Gasteiger partial charge in [-0.1, -0.05) is 22.0 Å². The van der Waals surface area contributed by atoms with Gasteiger partial charge in [-0.2, -0.15) is 0 Å². The second kappa shape index (κ2) is 8.23. The molecule has 1 aromatic heterocycles. The number of hydrogen-bond donors (Lipinski definition) is 1. The first kappa shape index (κ1) is 16.9. The molecular weight excluding hydrogens is 376 g/mol. The Balaban J connectivity index is 1.54. The average molecular weight is 393 g/mol. The van der Waals surface area contributed by atoms with Gasteiger partial charge in [-0.3, -0.25) is 4.79 Å². The van der Waals surface area contributed by atoms with Crippen LogP contribution < -0.4 is 10.2 Å². The third-order valence-corrected chi connectivity index (χ3v) is 3.93. The molecule has 1 N–H and O–H groups in total. The van der Waals surface area contributed by atoms with E-state index < -0.39 is 0 Å². The van der Waals surface area contributed by atoms with Crippen molar-refractivity contribution < 1.29 is 19.1 Å². The van der Waals surface area contributed by atoms with Crippen molar-refractivity contribution in [1.29, 1.82) is 0 Å². The molecule has 1 saturated heterocycles. The summed E-state index contributed by atoms with van der Waals surface area (Å²) in [5.41, 5.74) is 2.78. The summed E-state index contributed by atoms with van der Waals surface area (Å²) in [5.74, 6) is 0.693. The van der Waals surface area contributed by atoms with Gasteiger partial charge in [-0.05, 0) is 37.1 Å². The van der Waals surface area contributed by atoms with E-state index in [2.05, 4.69) is 26.4 Å². The van der Waals surface area contributed by atoms with E-state index >= 15 is 0 Å². The number of rotatable bonds is 5. The molecule has 126 valence electrons. The molecule has 1 atom stereocenters. The number of ether oxygens (including phenoxy) is 2. The maximum absolute atomic E-state index is 12.0. The monoisotopic (exact) mass is 392 g/mol. The highest BCUT2D eigenvalue weighted by molar-refractivity contribution is 9.10. The van der Waals surface area contributed by atoms with Crippen molar-refractivity contribution in [2.75, 3.05) is 6.61 Å². The summed E-state index contributed by atoms with van der Waals surface area (Å²) >= 11 is 3.38. The number of hydroxylamine groups is 1. The standard InChI is InChI=1S/C17H17BrN2O4/c18-13-4-3-5-14(10-13)23-15-8-7-12(11-19-15)17(21)20-24-16-6-1-2-9-22-16/h3-5,7-8,10-11,16H,1-2,6,9H2,(H,20,21). The number of nitrogens with zero attached hydrogens (tertiary/aromatic N) is 1. The second-order valence-corrected chi connectivity index (χ2v) is 6.21. The molecular formula is C17H17BrN2O4. The molecule has 1 aromatic carbocycles. The Kier molecular flexibility index (Phi) is 5.79. The molecule has 0 saturated carbocycles. The van der Waals surface area contributed by atoms with E-state index in [9.17, 15) is 4.79 Å². The van der Waals surface area contributed by atoms with Gasteiger partial charge in [0.05, 0.1) is 5.56 Å². The van der Waals surface area contributed by atoms with E-state index in [0.29, 0.717) is 23.8 Å². The lowest BCUT2D eigenvalue weighted by atomic mass is 10.2. The first-order valence-corrected chi connectivity index (χ1v) is 8.47. The maximum Gasteiger partial charge on any atom is 0.276 e. The predicted octanol–water partition coefficient (Wildman–Crippen LogP) is 3.82. The Morgan fingerprint density at radius 1 is 1.29 bits per heavy atom. The highest BCUT2D eigenvalue weighted by Crippen LogP contribution is 2.23. The van der Waals surface area contributed by atoms with Crippen LogP contribution in [0.3, 0.4) is 0 Å². The minimum Gasteiger partial charge on any atom is -0.439 e. The van der Waals surface area contributed by atoms with Crippen molar-refractivity contribution in [2.45, 2.75) is 25.6 Å². The van der Waals surface area contributed by atoms with E-state index in [1.165, 1.54) is 6.20 Å². The summed E-state index contributed by atoms with van der Waals surface area (Å²) in [6.45, 7) is 0.656. The quantitative estimate of drug-likeness (QED) is 0.783. The Morgan fingerprint density at radius 2 is 2.21 bits per heavy atom. The van der Waals surface area contributed by atoms with Crippen LogP contribution >= 0.6 is 15.9 Å². The molecule has 1 aliphatic heterocycles. The van der Waals surface area contributed by atoms with Crippen LogP contribution in [0.4, 0.5) is 0 Å². The normalized spacial score (nSPS) is 17.3. The van der Waals surface area contributed by atoms with Crippen LogP contribution in [0.5, 0.6) is 11.6 Å². The first-order chi connectivity index (χ1) is 11.7. The van der Waals surface area contributed by atoms with Crippen LogP contribution in [0, 0.1) is 0 Å².